The van der Waals surface area contributed by atoms with Gasteiger partial charge in [0.25, 0.3) is 0 Å². The fourth-order valence-electron chi connectivity index (χ4n) is 3.07. The highest BCUT2D eigenvalue weighted by molar-refractivity contribution is 6.32. The first-order valence-corrected chi connectivity index (χ1v) is 8.51. The topological polar surface area (TPSA) is 52.1 Å². The average molecular weight is 344 g/mol. The molecule has 3 rings (SSSR count). The van der Waals surface area contributed by atoms with Gasteiger partial charge in [0.2, 0.25) is 0 Å². The van der Waals surface area contributed by atoms with E-state index in [0.717, 1.165) is 33.7 Å². The molecular weight excluding hydrogens is 322 g/mol. The number of aryl methyl sites for hydroxylation is 1. The quantitative estimate of drug-likeness (QED) is 0.709. The molecule has 0 aliphatic carbocycles. The Kier molecular flexibility index (Phi) is 5.19. The Bertz CT molecular complexity index is 816. The summed E-state index contributed by atoms with van der Waals surface area (Å²) >= 11 is 6.20. The third-order valence-corrected chi connectivity index (χ3v) is 4.93. The lowest BCUT2D eigenvalue weighted by Gasteiger charge is -2.28. The zero-order valence-corrected chi connectivity index (χ0v) is 14.7. The molecule has 24 heavy (non-hydrogen) atoms. The lowest BCUT2D eigenvalue weighted by atomic mass is 10.1. The van der Waals surface area contributed by atoms with Crippen molar-refractivity contribution in [1.82, 2.24) is 15.1 Å². The lowest BCUT2D eigenvalue weighted by molar-refractivity contribution is 0.150. The van der Waals surface area contributed by atoms with Crippen LogP contribution in [0, 0.1) is 6.92 Å². The van der Waals surface area contributed by atoms with Crippen LogP contribution in [0.5, 0.6) is 0 Å². The number of rotatable bonds is 6. The van der Waals surface area contributed by atoms with Gasteiger partial charge in [-0.2, -0.15) is 5.10 Å². The Balaban J connectivity index is 1.93. The second-order valence-corrected chi connectivity index (χ2v) is 6.47. The molecular formula is C19H22ClN3O. The fraction of sp³-hybridized carbons (Fsp3) is 0.316. The molecule has 1 aromatic heterocycles. The largest absolute Gasteiger partial charge is 0.395 e. The van der Waals surface area contributed by atoms with E-state index in [1.54, 1.807) is 0 Å². The van der Waals surface area contributed by atoms with Crippen molar-refractivity contribution in [1.29, 1.82) is 0 Å². The SMILES string of the molecule is Cc1c(Cl)ccc2c(C(C)N(CCO)Cc3ccccc3)[nH]nc12. The van der Waals surface area contributed by atoms with Gasteiger partial charge in [-0.05, 0) is 37.1 Å². The predicted molar refractivity (Wildman–Crippen MR) is 98.2 cm³/mol. The van der Waals surface area contributed by atoms with E-state index in [1.165, 1.54) is 5.56 Å². The molecule has 0 saturated heterocycles. The Morgan fingerprint density at radius 2 is 1.96 bits per heavy atom. The maximum absolute atomic E-state index is 9.47. The van der Waals surface area contributed by atoms with Crippen molar-refractivity contribution in [2.75, 3.05) is 13.2 Å². The number of benzene rings is 2. The predicted octanol–water partition coefficient (Wildman–Crippen LogP) is 4.08. The molecule has 0 amide bonds. The highest BCUT2D eigenvalue weighted by Crippen LogP contribution is 2.31. The minimum Gasteiger partial charge on any atom is -0.395 e. The van der Waals surface area contributed by atoms with E-state index >= 15 is 0 Å². The average Bonchev–Trinajstić information content (AvgIpc) is 3.03. The van der Waals surface area contributed by atoms with Crippen molar-refractivity contribution in [2.24, 2.45) is 0 Å². The smallest absolute Gasteiger partial charge is 0.0968 e. The maximum atomic E-state index is 9.47. The highest BCUT2D eigenvalue weighted by Gasteiger charge is 2.21. The summed E-state index contributed by atoms with van der Waals surface area (Å²) in [6.07, 6.45) is 0. The van der Waals surface area contributed by atoms with Crippen molar-refractivity contribution in [3.05, 3.63) is 64.3 Å². The van der Waals surface area contributed by atoms with Crippen molar-refractivity contribution in [3.63, 3.8) is 0 Å². The fourth-order valence-corrected chi connectivity index (χ4v) is 3.22. The molecule has 0 radical (unpaired) electrons. The first-order chi connectivity index (χ1) is 11.6. The van der Waals surface area contributed by atoms with Crippen LogP contribution in [0.2, 0.25) is 5.02 Å². The molecule has 0 fully saturated rings. The molecule has 0 aliphatic rings. The molecule has 3 aromatic rings. The minimum absolute atomic E-state index is 0.0999. The molecule has 4 nitrogen and oxygen atoms in total. The molecule has 2 aromatic carbocycles. The molecule has 0 bridgehead atoms. The first kappa shape index (κ1) is 17.0. The van der Waals surface area contributed by atoms with Gasteiger partial charge < -0.3 is 5.11 Å². The Hall–Kier alpha value is -1.88. The van der Waals surface area contributed by atoms with Crippen LogP contribution in [-0.4, -0.2) is 33.4 Å². The van der Waals surface area contributed by atoms with Gasteiger partial charge in [0.05, 0.1) is 17.8 Å². The number of aliphatic hydroxyl groups excluding tert-OH is 1. The number of nitrogens with one attached hydrogen (secondary N) is 1. The molecule has 0 saturated carbocycles. The Morgan fingerprint density at radius 3 is 2.67 bits per heavy atom. The van der Waals surface area contributed by atoms with E-state index in [9.17, 15) is 5.11 Å². The van der Waals surface area contributed by atoms with Gasteiger partial charge in [-0.3, -0.25) is 10.00 Å². The van der Waals surface area contributed by atoms with E-state index in [1.807, 2.05) is 37.3 Å². The zero-order valence-electron chi connectivity index (χ0n) is 14.0. The second kappa shape index (κ2) is 7.34. The van der Waals surface area contributed by atoms with Gasteiger partial charge in [-0.15, -0.1) is 0 Å². The van der Waals surface area contributed by atoms with Gasteiger partial charge in [0.1, 0.15) is 0 Å². The van der Waals surface area contributed by atoms with E-state index < -0.39 is 0 Å². The summed E-state index contributed by atoms with van der Waals surface area (Å²) in [6, 6.07) is 14.3. The Labute approximate surface area is 147 Å². The van der Waals surface area contributed by atoms with Crippen molar-refractivity contribution in [2.45, 2.75) is 26.4 Å². The van der Waals surface area contributed by atoms with Gasteiger partial charge in [0.15, 0.2) is 0 Å². The van der Waals surface area contributed by atoms with Crippen molar-refractivity contribution in [3.8, 4) is 0 Å². The molecule has 1 unspecified atom stereocenters. The summed E-state index contributed by atoms with van der Waals surface area (Å²) in [5.74, 6) is 0. The van der Waals surface area contributed by atoms with Gasteiger partial charge >= 0.3 is 0 Å². The van der Waals surface area contributed by atoms with E-state index in [2.05, 4.69) is 34.2 Å². The van der Waals surface area contributed by atoms with Crippen LogP contribution in [0.3, 0.4) is 0 Å². The molecule has 5 heteroatoms. The molecule has 126 valence electrons. The second-order valence-electron chi connectivity index (χ2n) is 6.06. The highest BCUT2D eigenvalue weighted by atomic mass is 35.5. The number of halogens is 1. The number of fused-ring (bicyclic) bond motifs is 1. The van der Waals surface area contributed by atoms with Gasteiger partial charge in [-0.25, -0.2) is 0 Å². The minimum atomic E-state index is 0.0999. The van der Waals surface area contributed by atoms with Crippen LogP contribution in [-0.2, 0) is 6.54 Å². The number of hydrogen-bond acceptors (Lipinski definition) is 3. The summed E-state index contributed by atoms with van der Waals surface area (Å²) in [5.41, 5.74) is 4.17. The van der Waals surface area contributed by atoms with Gasteiger partial charge in [0, 0.05) is 29.5 Å². The number of H-pyrrole nitrogens is 1. The third kappa shape index (κ3) is 3.31. The maximum Gasteiger partial charge on any atom is 0.0968 e. The third-order valence-electron chi connectivity index (χ3n) is 4.52. The first-order valence-electron chi connectivity index (χ1n) is 8.13. The number of nitrogens with zero attached hydrogens (tertiary/aromatic N) is 2. The van der Waals surface area contributed by atoms with Crippen LogP contribution in [0.1, 0.15) is 29.8 Å². The zero-order chi connectivity index (χ0) is 17.1. The molecule has 0 spiro atoms. The molecule has 1 atom stereocenters. The van der Waals surface area contributed by atoms with Crippen molar-refractivity contribution < 1.29 is 5.11 Å². The summed E-state index contributed by atoms with van der Waals surface area (Å²) < 4.78 is 0. The molecule has 1 heterocycles. The van der Waals surface area contributed by atoms with Crippen LogP contribution in [0.15, 0.2) is 42.5 Å². The van der Waals surface area contributed by atoms with Crippen LogP contribution < -0.4 is 0 Å². The summed E-state index contributed by atoms with van der Waals surface area (Å²) in [6.45, 7) is 5.61. The number of aromatic nitrogens is 2. The molecule has 0 aliphatic heterocycles. The summed E-state index contributed by atoms with van der Waals surface area (Å²) in [7, 11) is 0. The van der Waals surface area contributed by atoms with Crippen LogP contribution in [0.4, 0.5) is 0 Å². The van der Waals surface area contributed by atoms with Crippen LogP contribution in [0.25, 0.3) is 10.9 Å². The monoisotopic (exact) mass is 343 g/mol. The standard InChI is InChI=1S/C19H22ClN3O/c1-13-17(20)9-8-16-18(13)21-22-19(16)14(2)23(10-11-24)12-15-6-4-3-5-7-15/h3-9,14,24H,10-12H2,1-2H3,(H,21,22). The van der Waals surface area contributed by atoms with Crippen molar-refractivity contribution >= 4 is 22.5 Å². The molecule has 2 N–H and O–H groups in total. The van der Waals surface area contributed by atoms with E-state index in [4.69, 9.17) is 11.6 Å². The Morgan fingerprint density at radius 1 is 1.21 bits per heavy atom. The van der Waals surface area contributed by atoms with Crippen LogP contribution >= 0.6 is 11.6 Å². The summed E-state index contributed by atoms with van der Waals surface area (Å²) in [4.78, 5) is 2.24. The number of aromatic amines is 1. The van der Waals surface area contributed by atoms with Gasteiger partial charge in [-0.1, -0.05) is 41.9 Å². The van der Waals surface area contributed by atoms with E-state index in [0.29, 0.717) is 6.54 Å². The van der Waals surface area contributed by atoms with E-state index in [-0.39, 0.29) is 12.6 Å². The normalized spacial score (nSPS) is 12.9. The lowest BCUT2D eigenvalue weighted by Crippen LogP contribution is -2.29. The number of hydrogen-bond donors (Lipinski definition) is 2. The number of aliphatic hydroxyl groups is 1. The summed E-state index contributed by atoms with van der Waals surface area (Å²) in [5, 5.41) is 18.9.